The zero-order valence-corrected chi connectivity index (χ0v) is 21.4. The zero-order chi connectivity index (χ0) is 24.8. The highest BCUT2D eigenvalue weighted by Gasteiger charge is 2.77. The van der Waals surface area contributed by atoms with Gasteiger partial charge in [0.15, 0.2) is 0 Å². The van der Waals surface area contributed by atoms with E-state index in [0.29, 0.717) is 12.1 Å². The number of aliphatic hydroxyl groups is 1. The predicted molar refractivity (Wildman–Crippen MR) is 135 cm³/mol. The first-order valence-electron chi connectivity index (χ1n) is 12.2. The standard InChI is InChI=1S/C25H36N4O4S/c1-6-28(7-2)17-10-8-16(9-11-17)27-22(32)20-25-13-12-24(4,34-25)18(21(31)26-5)19(25)23(33)29(20)15(3)14-30/h8-11,15,18-20,30H,6-7,12-14H2,1-5H3,(H,26,31)(H,27,32)/t15-,18+,19+,20?,24-,25?/m1/s1. The second-order valence-corrected chi connectivity index (χ2v) is 11.7. The molecule has 3 aliphatic rings. The molecule has 34 heavy (non-hydrogen) atoms. The van der Waals surface area contributed by atoms with E-state index in [4.69, 9.17) is 0 Å². The highest BCUT2D eigenvalue weighted by molar-refractivity contribution is 8.02. The number of hydrogen-bond donors (Lipinski definition) is 3. The Balaban J connectivity index is 1.67. The van der Waals surface area contributed by atoms with Crippen molar-refractivity contribution in [3.05, 3.63) is 24.3 Å². The van der Waals surface area contributed by atoms with Crippen molar-refractivity contribution in [1.29, 1.82) is 0 Å². The fourth-order valence-corrected chi connectivity index (χ4v) is 8.68. The molecule has 3 N–H and O–H groups in total. The summed E-state index contributed by atoms with van der Waals surface area (Å²) in [5, 5.41) is 15.7. The van der Waals surface area contributed by atoms with Crippen molar-refractivity contribution in [3.8, 4) is 0 Å². The summed E-state index contributed by atoms with van der Waals surface area (Å²) in [7, 11) is 1.59. The lowest BCUT2D eigenvalue weighted by Crippen LogP contribution is -2.54. The normalized spacial score (nSPS) is 32.5. The maximum Gasteiger partial charge on any atom is 0.248 e. The summed E-state index contributed by atoms with van der Waals surface area (Å²) in [6.07, 6.45) is 1.45. The van der Waals surface area contributed by atoms with Crippen LogP contribution in [0.25, 0.3) is 0 Å². The summed E-state index contributed by atoms with van der Waals surface area (Å²) in [4.78, 5) is 44.2. The first-order valence-corrected chi connectivity index (χ1v) is 13.0. The number of aliphatic hydroxyl groups excluding tert-OH is 1. The van der Waals surface area contributed by atoms with Crippen molar-refractivity contribution in [3.63, 3.8) is 0 Å². The molecule has 3 saturated heterocycles. The maximum atomic E-state index is 13.8. The summed E-state index contributed by atoms with van der Waals surface area (Å²) in [5.74, 6) is -1.70. The van der Waals surface area contributed by atoms with Gasteiger partial charge in [-0.15, -0.1) is 11.8 Å². The average Bonchev–Trinajstić information content (AvgIpc) is 3.40. The maximum absolute atomic E-state index is 13.8. The molecule has 0 aliphatic carbocycles. The molecule has 0 aromatic heterocycles. The number of rotatable bonds is 8. The molecule has 8 nitrogen and oxygen atoms in total. The van der Waals surface area contributed by atoms with E-state index in [1.54, 1.807) is 25.7 Å². The lowest BCUT2D eigenvalue weighted by Gasteiger charge is -2.36. The number of fused-ring (bicyclic) bond motifs is 1. The number of benzene rings is 1. The molecule has 2 unspecified atom stereocenters. The van der Waals surface area contributed by atoms with Crippen molar-refractivity contribution < 1.29 is 19.5 Å². The molecule has 3 amide bonds. The topological polar surface area (TPSA) is 102 Å². The Kier molecular flexibility index (Phi) is 6.63. The van der Waals surface area contributed by atoms with E-state index in [-0.39, 0.29) is 29.1 Å². The zero-order valence-electron chi connectivity index (χ0n) is 20.6. The molecule has 1 aromatic carbocycles. The van der Waals surface area contributed by atoms with Gasteiger partial charge in [0.1, 0.15) is 6.04 Å². The van der Waals surface area contributed by atoms with Gasteiger partial charge in [0.05, 0.1) is 29.2 Å². The average molecular weight is 489 g/mol. The van der Waals surface area contributed by atoms with E-state index in [1.165, 1.54) is 4.90 Å². The Morgan fingerprint density at radius 2 is 1.85 bits per heavy atom. The minimum Gasteiger partial charge on any atom is -0.394 e. The molecule has 2 bridgehead atoms. The lowest BCUT2D eigenvalue weighted by molar-refractivity contribution is -0.142. The molecule has 3 heterocycles. The predicted octanol–water partition coefficient (Wildman–Crippen LogP) is 2.08. The van der Waals surface area contributed by atoms with Gasteiger partial charge in [0.25, 0.3) is 0 Å². The van der Waals surface area contributed by atoms with Crippen molar-refractivity contribution >= 4 is 40.9 Å². The molecular formula is C25H36N4O4S. The molecule has 0 saturated carbocycles. The summed E-state index contributed by atoms with van der Waals surface area (Å²) in [6.45, 7) is 9.54. The summed E-state index contributed by atoms with van der Waals surface area (Å²) in [5.41, 5.74) is 1.75. The molecule has 4 rings (SSSR count). The van der Waals surface area contributed by atoms with Crippen LogP contribution in [0.5, 0.6) is 0 Å². The number of nitrogens with zero attached hydrogens (tertiary/aromatic N) is 2. The number of carbonyl (C=O) groups is 3. The van der Waals surface area contributed by atoms with Crippen molar-refractivity contribution in [1.82, 2.24) is 10.2 Å². The van der Waals surface area contributed by atoms with Crippen LogP contribution in [0.4, 0.5) is 11.4 Å². The minimum absolute atomic E-state index is 0.153. The van der Waals surface area contributed by atoms with Crippen molar-refractivity contribution in [2.24, 2.45) is 11.8 Å². The van der Waals surface area contributed by atoms with Gasteiger partial charge in [-0.2, -0.15) is 0 Å². The number of thioether (sulfide) groups is 1. The Morgan fingerprint density at radius 1 is 1.21 bits per heavy atom. The monoisotopic (exact) mass is 488 g/mol. The summed E-state index contributed by atoms with van der Waals surface area (Å²) < 4.78 is -1.07. The molecular weight excluding hydrogens is 452 g/mol. The Morgan fingerprint density at radius 3 is 2.41 bits per heavy atom. The van der Waals surface area contributed by atoms with Crippen LogP contribution in [0.15, 0.2) is 24.3 Å². The van der Waals surface area contributed by atoms with Crippen LogP contribution in [0.2, 0.25) is 0 Å². The van der Waals surface area contributed by atoms with Gasteiger partial charge in [-0.3, -0.25) is 14.4 Å². The Hall–Kier alpha value is -2.26. The van der Waals surface area contributed by atoms with Gasteiger partial charge in [0, 0.05) is 36.3 Å². The second kappa shape index (κ2) is 9.07. The van der Waals surface area contributed by atoms with E-state index in [0.717, 1.165) is 25.2 Å². The smallest absolute Gasteiger partial charge is 0.248 e. The highest BCUT2D eigenvalue weighted by atomic mass is 32.2. The van der Waals surface area contributed by atoms with Gasteiger partial charge >= 0.3 is 0 Å². The largest absolute Gasteiger partial charge is 0.394 e. The van der Waals surface area contributed by atoms with Gasteiger partial charge in [0.2, 0.25) is 17.7 Å². The third-order valence-corrected chi connectivity index (χ3v) is 9.98. The van der Waals surface area contributed by atoms with Crippen LogP contribution in [-0.2, 0) is 14.4 Å². The van der Waals surface area contributed by atoms with Crippen LogP contribution in [-0.4, -0.2) is 76.0 Å². The number of likely N-dealkylation sites (tertiary alicyclic amines) is 1. The molecule has 1 aromatic rings. The molecule has 0 radical (unpaired) electrons. The van der Waals surface area contributed by atoms with Gasteiger partial charge < -0.3 is 25.5 Å². The molecule has 9 heteroatoms. The van der Waals surface area contributed by atoms with Crippen LogP contribution >= 0.6 is 11.8 Å². The van der Waals surface area contributed by atoms with Crippen LogP contribution < -0.4 is 15.5 Å². The fourth-order valence-electron chi connectivity index (χ4n) is 6.34. The number of hydrogen-bond acceptors (Lipinski definition) is 6. The Bertz CT molecular complexity index is 968. The molecule has 6 atom stereocenters. The molecule has 3 fully saturated rings. The van der Waals surface area contributed by atoms with Crippen LogP contribution in [0.3, 0.4) is 0 Å². The van der Waals surface area contributed by atoms with Gasteiger partial charge in [-0.1, -0.05) is 0 Å². The minimum atomic E-state index is -0.754. The first kappa shape index (κ1) is 24.9. The van der Waals surface area contributed by atoms with Crippen LogP contribution in [0.1, 0.15) is 40.5 Å². The molecule has 186 valence electrons. The van der Waals surface area contributed by atoms with E-state index in [2.05, 4.69) is 29.4 Å². The summed E-state index contributed by atoms with van der Waals surface area (Å²) in [6, 6.07) is 6.45. The first-order chi connectivity index (χ1) is 16.2. The van der Waals surface area contributed by atoms with Crippen LogP contribution in [0, 0.1) is 11.8 Å². The Labute approximate surface area is 205 Å². The number of carbonyl (C=O) groups excluding carboxylic acids is 3. The van der Waals surface area contributed by atoms with E-state index >= 15 is 0 Å². The molecule has 3 aliphatic heterocycles. The van der Waals surface area contributed by atoms with E-state index in [9.17, 15) is 19.5 Å². The molecule has 1 spiro atoms. The number of amides is 3. The second-order valence-electron chi connectivity index (χ2n) is 9.83. The van der Waals surface area contributed by atoms with E-state index in [1.807, 2.05) is 31.2 Å². The lowest BCUT2D eigenvalue weighted by atomic mass is 9.66. The third-order valence-electron chi connectivity index (χ3n) is 7.99. The SMILES string of the molecule is CCN(CC)c1ccc(NC(=O)C2N([C@H](C)CO)C(=O)[C@@H]3[C@@H](C(=O)NC)[C@@]4(C)CCC23S4)cc1. The van der Waals surface area contributed by atoms with Crippen molar-refractivity contribution in [2.75, 3.05) is 37.0 Å². The van der Waals surface area contributed by atoms with Gasteiger partial charge in [-0.05, 0) is 64.8 Å². The van der Waals surface area contributed by atoms with E-state index < -0.39 is 28.7 Å². The number of anilines is 2. The van der Waals surface area contributed by atoms with Crippen molar-refractivity contribution in [2.45, 2.75) is 62.1 Å². The third kappa shape index (κ3) is 3.59. The fraction of sp³-hybridized carbons (Fsp3) is 0.640. The number of nitrogens with one attached hydrogen (secondary N) is 2. The van der Waals surface area contributed by atoms with Gasteiger partial charge in [-0.25, -0.2) is 0 Å². The highest BCUT2D eigenvalue weighted by Crippen LogP contribution is 2.71. The quantitative estimate of drug-likeness (QED) is 0.518. The summed E-state index contributed by atoms with van der Waals surface area (Å²) >= 11 is 1.63.